The number of thioether (sulfide) groups is 1. The number of rotatable bonds is 8. The summed E-state index contributed by atoms with van der Waals surface area (Å²) in [4.78, 5) is 16.4. The Morgan fingerprint density at radius 1 is 1.27 bits per heavy atom. The Hall–Kier alpha value is -2.39. The molecular formula is C21H25N5O2S2. The molecule has 0 radical (unpaired) electrons. The molecule has 30 heavy (non-hydrogen) atoms. The van der Waals surface area contributed by atoms with E-state index in [1.54, 1.807) is 6.20 Å². The van der Waals surface area contributed by atoms with E-state index in [9.17, 15) is 4.79 Å². The maximum Gasteiger partial charge on any atom is 0.236 e. The van der Waals surface area contributed by atoms with Gasteiger partial charge in [-0.05, 0) is 31.9 Å². The van der Waals surface area contributed by atoms with Gasteiger partial charge in [0.15, 0.2) is 22.2 Å². The number of carbonyl (C=O) groups is 1. The molecule has 2 aromatic heterocycles. The summed E-state index contributed by atoms with van der Waals surface area (Å²) in [5.74, 6) is 1.79. The molecule has 1 atom stereocenters. The van der Waals surface area contributed by atoms with Crippen LogP contribution in [0.1, 0.15) is 57.0 Å². The van der Waals surface area contributed by atoms with Gasteiger partial charge in [0, 0.05) is 17.6 Å². The number of nitrogens with zero attached hydrogens (tertiary/aromatic N) is 4. The number of amides is 1. The summed E-state index contributed by atoms with van der Waals surface area (Å²) in [6.07, 6.45) is 7.30. The summed E-state index contributed by atoms with van der Waals surface area (Å²) < 4.78 is 8.32. The lowest BCUT2D eigenvalue weighted by Crippen LogP contribution is -2.20. The van der Waals surface area contributed by atoms with Crippen molar-refractivity contribution in [3.63, 3.8) is 0 Å². The average Bonchev–Trinajstić information content (AvgIpc) is 3.43. The Morgan fingerprint density at radius 3 is 2.80 bits per heavy atom. The maximum absolute atomic E-state index is 12.3. The third kappa shape index (κ3) is 5.20. The molecule has 9 heteroatoms. The highest BCUT2D eigenvalue weighted by atomic mass is 32.2. The Bertz CT molecular complexity index is 940. The number of para-hydroxylation sites is 1. The van der Waals surface area contributed by atoms with Gasteiger partial charge in [-0.25, -0.2) is 4.98 Å². The minimum Gasteiger partial charge on any atom is -0.483 e. The van der Waals surface area contributed by atoms with Crippen LogP contribution in [0.25, 0.3) is 0 Å². The van der Waals surface area contributed by atoms with Crippen LogP contribution in [0.15, 0.2) is 47.1 Å². The standard InChI is InChI=1S/C21H25N5O2S2/c1-15(28-17-10-6-3-7-11-17)19-24-25-21(26(19)16-8-4-2-5-9-16)30-14-18(27)23-20-22-12-13-29-20/h3,6-7,10-13,15-16H,2,4-5,8-9,14H2,1H3,(H,22,23,27). The minimum atomic E-state index is -0.236. The highest BCUT2D eigenvalue weighted by Gasteiger charge is 2.27. The second-order valence-electron chi connectivity index (χ2n) is 7.25. The number of carbonyl (C=O) groups excluding carboxylic acids is 1. The number of hydrogen-bond donors (Lipinski definition) is 1. The van der Waals surface area contributed by atoms with Crippen molar-refractivity contribution in [1.82, 2.24) is 19.7 Å². The molecule has 1 aliphatic rings. The molecule has 2 heterocycles. The molecule has 1 aromatic carbocycles. The monoisotopic (exact) mass is 443 g/mol. The summed E-state index contributed by atoms with van der Waals surface area (Å²) in [6, 6.07) is 10.1. The third-order valence-corrected chi connectivity index (χ3v) is 6.69. The van der Waals surface area contributed by atoms with Gasteiger partial charge in [0.25, 0.3) is 0 Å². The van der Waals surface area contributed by atoms with Crippen LogP contribution in [0, 0.1) is 0 Å². The number of benzene rings is 1. The lowest BCUT2D eigenvalue weighted by molar-refractivity contribution is -0.113. The summed E-state index contributed by atoms with van der Waals surface area (Å²) in [5, 5.41) is 14.9. The lowest BCUT2D eigenvalue weighted by atomic mass is 9.95. The molecule has 1 unspecified atom stereocenters. The van der Waals surface area contributed by atoms with E-state index in [0.717, 1.165) is 29.6 Å². The van der Waals surface area contributed by atoms with E-state index < -0.39 is 0 Å². The van der Waals surface area contributed by atoms with Crippen molar-refractivity contribution in [3.05, 3.63) is 47.7 Å². The van der Waals surface area contributed by atoms with Crippen LogP contribution in [-0.4, -0.2) is 31.4 Å². The molecule has 3 aromatic rings. The second-order valence-corrected chi connectivity index (χ2v) is 9.09. The van der Waals surface area contributed by atoms with E-state index in [1.165, 1.54) is 42.4 Å². The van der Waals surface area contributed by atoms with Gasteiger partial charge in [-0.2, -0.15) is 0 Å². The Morgan fingerprint density at radius 2 is 2.07 bits per heavy atom. The molecule has 0 bridgehead atoms. The van der Waals surface area contributed by atoms with Crippen molar-refractivity contribution in [1.29, 1.82) is 0 Å². The molecule has 1 aliphatic carbocycles. The van der Waals surface area contributed by atoms with Gasteiger partial charge in [-0.15, -0.1) is 21.5 Å². The van der Waals surface area contributed by atoms with E-state index in [1.807, 2.05) is 42.6 Å². The van der Waals surface area contributed by atoms with Gasteiger partial charge in [0.1, 0.15) is 5.75 Å². The number of anilines is 1. The summed E-state index contributed by atoms with van der Waals surface area (Å²) in [6.45, 7) is 2.00. The van der Waals surface area contributed by atoms with Gasteiger partial charge < -0.3 is 10.1 Å². The van der Waals surface area contributed by atoms with E-state index in [0.29, 0.717) is 11.2 Å². The fourth-order valence-electron chi connectivity index (χ4n) is 3.67. The number of thiazole rings is 1. The largest absolute Gasteiger partial charge is 0.483 e. The van der Waals surface area contributed by atoms with Crippen molar-refractivity contribution in [3.8, 4) is 5.75 Å². The van der Waals surface area contributed by atoms with Crippen LogP contribution < -0.4 is 10.1 Å². The first kappa shape index (κ1) is 20.9. The van der Waals surface area contributed by atoms with Crippen molar-refractivity contribution >= 4 is 34.1 Å². The van der Waals surface area contributed by atoms with Crippen molar-refractivity contribution in [2.45, 2.75) is 56.3 Å². The predicted molar refractivity (Wildman–Crippen MR) is 119 cm³/mol. The van der Waals surface area contributed by atoms with Gasteiger partial charge >= 0.3 is 0 Å². The van der Waals surface area contributed by atoms with E-state index in [2.05, 4.69) is 25.1 Å². The molecule has 4 rings (SSSR count). The Balaban J connectivity index is 1.50. The normalized spacial score (nSPS) is 15.6. The van der Waals surface area contributed by atoms with Crippen LogP contribution >= 0.6 is 23.1 Å². The van der Waals surface area contributed by atoms with E-state index in [-0.39, 0.29) is 17.8 Å². The first-order valence-corrected chi connectivity index (χ1v) is 12.1. The number of hydrogen-bond acceptors (Lipinski definition) is 7. The highest BCUT2D eigenvalue weighted by Crippen LogP contribution is 2.35. The zero-order valence-electron chi connectivity index (χ0n) is 16.9. The SMILES string of the molecule is CC(Oc1ccccc1)c1nnc(SCC(=O)Nc2nccs2)n1C1CCCCC1. The number of ether oxygens (including phenoxy) is 1. The predicted octanol–water partition coefficient (Wildman–Crippen LogP) is 5.11. The van der Waals surface area contributed by atoms with E-state index in [4.69, 9.17) is 4.74 Å². The number of nitrogens with one attached hydrogen (secondary N) is 1. The summed E-state index contributed by atoms with van der Waals surface area (Å²) in [7, 11) is 0. The van der Waals surface area contributed by atoms with Crippen molar-refractivity contribution < 1.29 is 9.53 Å². The topological polar surface area (TPSA) is 81.9 Å². The van der Waals surface area contributed by atoms with Crippen LogP contribution in [0.5, 0.6) is 5.75 Å². The van der Waals surface area contributed by atoms with Gasteiger partial charge in [-0.3, -0.25) is 9.36 Å². The molecule has 0 spiro atoms. The number of aromatic nitrogens is 4. The van der Waals surface area contributed by atoms with Crippen molar-refractivity contribution in [2.24, 2.45) is 0 Å². The van der Waals surface area contributed by atoms with Crippen LogP contribution in [-0.2, 0) is 4.79 Å². The molecule has 1 fully saturated rings. The van der Waals surface area contributed by atoms with Gasteiger partial charge in [0.2, 0.25) is 5.91 Å². The third-order valence-electron chi connectivity index (χ3n) is 5.06. The van der Waals surface area contributed by atoms with Crippen LogP contribution in [0.3, 0.4) is 0 Å². The fourth-order valence-corrected chi connectivity index (χ4v) is 5.03. The first-order chi connectivity index (χ1) is 14.7. The average molecular weight is 444 g/mol. The molecule has 158 valence electrons. The zero-order valence-corrected chi connectivity index (χ0v) is 18.5. The molecule has 0 aliphatic heterocycles. The fraction of sp³-hybridized carbons (Fsp3) is 0.429. The zero-order chi connectivity index (χ0) is 20.8. The van der Waals surface area contributed by atoms with E-state index >= 15 is 0 Å². The highest BCUT2D eigenvalue weighted by molar-refractivity contribution is 7.99. The van der Waals surface area contributed by atoms with Gasteiger partial charge in [0.05, 0.1) is 5.75 Å². The lowest BCUT2D eigenvalue weighted by Gasteiger charge is -2.27. The molecule has 1 amide bonds. The molecule has 0 saturated heterocycles. The van der Waals surface area contributed by atoms with Crippen LogP contribution in [0.4, 0.5) is 5.13 Å². The summed E-state index contributed by atoms with van der Waals surface area (Å²) >= 11 is 2.82. The molecule has 7 nitrogen and oxygen atoms in total. The Kier molecular flexibility index (Phi) is 7.01. The van der Waals surface area contributed by atoms with Gasteiger partial charge in [-0.1, -0.05) is 49.2 Å². The quantitative estimate of drug-likeness (QED) is 0.487. The van der Waals surface area contributed by atoms with Crippen LogP contribution in [0.2, 0.25) is 0 Å². The maximum atomic E-state index is 12.3. The Labute approximate surface area is 184 Å². The molecular weight excluding hydrogens is 418 g/mol. The molecule has 1 saturated carbocycles. The minimum absolute atomic E-state index is 0.0942. The first-order valence-electron chi connectivity index (χ1n) is 10.2. The summed E-state index contributed by atoms with van der Waals surface area (Å²) in [5.41, 5.74) is 0. The van der Waals surface area contributed by atoms with Crippen molar-refractivity contribution in [2.75, 3.05) is 11.1 Å². The molecule has 1 N–H and O–H groups in total. The smallest absolute Gasteiger partial charge is 0.236 e. The second kappa shape index (κ2) is 10.1.